The van der Waals surface area contributed by atoms with E-state index in [2.05, 4.69) is 21.3 Å². The third kappa shape index (κ3) is 5.06. The number of carbonyl (C=O) groups excluding carboxylic acids is 2. The molecule has 1 N–H and O–H groups in total. The Morgan fingerprint density at radius 2 is 1.97 bits per heavy atom. The van der Waals surface area contributed by atoms with Crippen LogP contribution in [-0.4, -0.2) is 74.2 Å². The van der Waals surface area contributed by atoms with Crippen molar-refractivity contribution in [2.24, 2.45) is 0 Å². The molecule has 4 heterocycles. The molecule has 0 radical (unpaired) electrons. The number of benzene rings is 1. The van der Waals surface area contributed by atoms with Crippen LogP contribution < -0.4 is 24.6 Å². The summed E-state index contributed by atoms with van der Waals surface area (Å²) in [6, 6.07) is 9.80. The summed E-state index contributed by atoms with van der Waals surface area (Å²) in [6.07, 6.45) is 3.59. The van der Waals surface area contributed by atoms with Crippen molar-refractivity contribution < 1.29 is 19.1 Å². The number of nitrogens with zero attached hydrogens (tertiary/aromatic N) is 5. The van der Waals surface area contributed by atoms with Crippen LogP contribution in [-0.2, 0) is 16.1 Å². The average Bonchev–Trinajstić information content (AvgIpc) is 2.87. The van der Waals surface area contributed by atoms with Crippen molar-refractivity contribution in [3.63, 3.8) is 0 Å². The van der Waals surface area contributed by atoms with Crippen molar-refractivity contribution in [1.82, 2.24) is 15.2 Å². The van der Waals surface area contributed by atoms with E-state index in [0.29, 0.717) is 42.7 Å². The lowest BCUT2D eigenvalue weighted by molar-refractivity contribution is -0.138. The van der Waals surface area contributed by atoms with E-state index in [1.54, 1.807) is 24.4 Å². The van der Waals surface area contributed by atoms with Crippen LogP contribution in [0.15, 0.2) is 30.5 Å². The number of carbonyl (C=O) groups is 2. The van der Waals surface area contributed by atoms with Gasteiger partial charge in [0.2, 0.25) is 5.91 Å². The lowest BCUT2D eigenvalue weighted by atomic mass is 10.0. The molecule has 0 spiro atoms. The summed E-state index contributed by atoms with van der Waals surface area (Å²) in [5.74, 6) is 0.569. The first-order valence-corrected chi connectivity index (χ1v) is 11.8. The number of pyridine rings is 1. The average molecular weight is 477 g/mol. The smallest absolute Gasteiger partial charge is 0.349 e. The maximum absolute atomic E-state index is 12.8. The highest BCUT2D eigenvalue weighted by molar-refractivity contribution is 6.03. The number of hydrogen-bond donors (Lipinski definition) is 1. The molecule has 1 amide bonds. The number of fused-ring (bicyclic) bond motifs is 2. The van der Waals surface area contributed by atoms with Gasteiger partial charge in [0.05, 0.1) is 41.4 Å². The summed E-state index contributed by atoms with van der Waals surface area (Å²) in [6.45, 7) is 4.11. The van der Waals surface area contributed by atoms with Crippen LogP contribution in [0.4, 0.5) is 11.4 Å². The number of likely N-dealkylation sites (tertiary alicyclic amines) is 1. The van der Waals surface area contributed by atoms with Gasteiger partial charge in [0.25, 0.3) is 0 Å². The minimum Gasteiger partial charge on any atom is -0.476 e. The third-order valence-corrected chi connectivity index (χ3v) is 6.74. The van der Waals surface area contributed by atoms with Gasteiger partial charge in [-0.25, -0.2) is 4.79 Å². The zero-order chi connectivity index (χ0) is 24.4. The van der Waals surface area contributed by atoms with Crippen molar-refractivity contribution in [2.75, 3.05) is 56.2 Å². The molecule has 2 aromatic rings. The molecule has 1 aromatic heterocycles. The van der Waals surface area contributed by atoms with E-state index in [1.165, 1.54) is 0 Å². The highest BCUT2D eigenvalue weighted by atomic mass is 16.6. The maximum Gasteiger partial charge on any atom is 0.349 e. The van der Waals surface area contributed by atoms with E-state index in [-0.39, 0.29) is 12.5 Å². The van der Waals surface area contributed by atoms with Crippen LogP contribution in [0, 0.1) is 11.3 Å². The second kappa shape index (κ2) is 9.90. The minimum absolute atomic E-state index is 0.0558. The van der Waals surface area contributed by atoms with Crippen LogP contribution in [0.3, 0.4) is 0 Å². The molecular weight excluding hydrogens is 448 g/mol. The molecular formula is C25H28N6O4. The molecule has 1 saturated heterocycles. The van der Waals surface area contributed by atoms with Crippen molar-refractivity contribution >= 4 is 23.3 Å². The second-order valence-corrected chi connectivity index (χ2v) is 9.10. The van der Waals surface area contributed by atoms with Gasteiger partial charge in [-0.2, -0.15) is 5.26 Å². The molecule has 0 atom stereocenters. The number of esters is 1. The first-order chi connectivity index (χ1) is 17.0. The standard InChI is InChI=1S/C25H28N6O4/c1-29-15-24(32)31(21-10-17(12-26)2-3-20(21)29)9-8-30-6-4-18(5-7-30)27-13-19-11-22-23(14-28-19)34-16-25(33)35-22/h2-3,10-11,14,18,27H,4-9,13,15-16H2,1H3. The molecule has 182 valence electrons. The molecule has 1 fully saturated rings. The monoisotopic (exact) mass is 476 g/mol. The van der Waals surface area contributed by atoms with Gasteiger partial charge in [0, 0.05) is 38.8 Å². The van der Waals surface area contributed by atoms with E-state index in [1.807, 2.05) is 22.9 Å². The van der Waals surface area contributed by atoms with Crippen molar-refractivity contribution in [3.8, 4) is 17.6 Å². The molecule has 0 unspecified atom stereocenters. The Morgan fingerprint density at radius 3 is 2.77 bits per heavy atom. The van der Waals surface area contributed by atoms with Gasteiger partial charge >= 0.3 is 5.97 Å². The lowest BCUT2D eigenvalue weighted by Crippen LogP contribution is -2.49. The fourth-order valence-corrected chi connectivity index (χ4v) is 4.77. The predicted molar refractivity (Wildman–Crippen MR) is 128 cm³/mol. The van der Waals surface area contributed by atoms with Gasteiger partial charge in [0.15, 0.2) is 18.1 Å². The number of amides is 1. The Labute approximate surface area is 204 Å². The van der Waals surface area contributed by atoms with Gasteiger partial charge < -0.3 is 29.5 Å². The van der Waals surface area contributed by atoms with Crippen LogP contribution >= 0.6 is 0 Å². The Balaban J connectivity index is 1.11. The molecule has 10 heteroatoms. The number of rotatable bonds is 6. The second-order valence-electron chi connectivity index (χ2n) is 9.10. The summed E-state index contributed by atoms with van der Waals surface area (Å²) in [5, 5.41) is 12.8. The van der Waals surface area contributed by atoms with E-state index in [9.17, 15) is 14.9 Å². The van der Waals surface area contributed by atoms with Crippen LogP contribution in [0.5, 0.6) is 11.5 Å². The van der Waals surface area contributed by atoms with Crippen molar-refractivity contribution in [3.05, 3.63) is 41.7 Å². The number of nitriles is 1. The first kappa shape index (κ1) is 23.1. The minimum atomic E-state index is -0.401. The molecule has 0 aliphatic carbocycles. The number of ether oxygens (including phenoxy) is 2. The molecule has 1 aromatic carbocycles. The number of anilines is 2. The Kier molecular flexibility index (Phi) is 6.53. The SMILES string of the molecule is CN1CC(=O)N(CCN2CCC(NCc3cc4c(cn3)OCC(=O)O4)CC2)c2cc(C#N)ccc21. The number of hydrogen-bond acceptors (Lipinski definition) is 9. The molecule has 10 nitrogen and oxygen atoms in total. The highest BCUT2D eigenvalue weighted by Crippen LogP contribution is 2.33. The lowest BCUT2D eigenvalue weighted by Gasteiger charge is -2.38. The molecule has 0 saturated carbocycles. The van der Waals surface area contributed by atoms with Crippen LogP contribution in [0.2, 0.25) is 0 Å². The van der Waals surface area contributed by atoms with Gasteiger partial charge in [-0.15, -0.1) is 0 Å². The summed E-state index contributed by atoms with van der Waals surface area (Å²) in [4.78, 5) is 34.7. The summed E-state index contributed by atoms with van der Waals surface area (Å²) in [5.41, 5.74) is 3.15. The van der Waals surface area contributed by atoms with E-state index >= 15 is 0 Å². The summed E-state index contributed by atoms with van der Waals surface area (Å²) in [7, 11) is 1.90. The van der Waals surface area contributed by atoms with E-state index in [0.717, 1.165) is 49.5 Å². The van der Waals surface area contributed by atoms with Crippen LogP contribution in [0.25, 0.3) is 0 Å². The highest BCUT2D eigenvalue weighted by Gasteiger charge is 2.28. The number of piperidine rings is 1. The predicted octanol–water partition coefficient (Wildman–Crippen LogP) is 1.29. The fraction of sp³-hybridized carbons (Fsp3) is 0.440. The van der Waals surface area contributed by atoms with Crippen LogP contribution in [0.1, 0.15) is 24.1 Å². The molecule has 3 aliphatic rings. The quantitative estimate of drug-likeness (QED) is 0.617. The van der Waals surface area contributed by atoms with Gasteiger partial charge in [-0.05, 0) is 44.1 Å². The van der Waals surface area contributed by atoms with Gasteiger partial charge in [-0.1, -0.05) is 0 Å². The zero-order valence-electron chi connectivity index (χ0n) is 19.7. The van der Waals surface area contributed by atoms with E-state index in [4.69, 9.17) is 9.47 Å². The summed E-state index contributed by atoms with van der Waals surface area (Å²) < 4.78 is 10.5. The van der Waals surface area contributed by atoms with Crippen molar-refractivity contribution in [1.29, 1.82) is 5.26 Å². The molecule has 0 bridgehead atoms. The normalized spacial score (nSPS) is 18.4. The Hall–Kier alpha value is -3.68. The van der Waals surface area contributed by atoms with Gasteiger partial charge in [-0.3, -0.25) is 9.78 Å². The topological polar surface area (TPSA) is 111 Å². The maximum atomic E-state index is 12.8. The van der Waals surface area contributed by atoms with Gasteiger partial charge in [0.1, 0.15) is 0 Å². The first-order valence-electron chi connectivity index (χ1n) is 11.8. The van der Waals surface area contributed by atoms with E-state index < -0.39 is 5.97 Å². The summed E-state index contributed by atoms with van der Waals surface area (Å²) >= 11 is 0. The number of nitrogens with one attached hydrogen (secondary N) is 1. The zero-order valence-corrected chi connectivity index (χ0v) is 19.7. The molecule has 3 aliphatic heterocycles. The van der Waals surface area contributed by atoms with Crippen molar-refractivity contribution in [2.45, 2.75) is 25.4 Å². The Bertz CT molecular complexity index is 1170. The largest absolute Gasteiger partial charge is 0.476 e. The number of aromatic nitrogens is 1. The fourth-order valence-electron chi connectivity index (χ4n) is 4.77. The molecule has 5 rings (SSSR count). The Morgan fingerprint density at radius 1 is 1.14 bits per heavy atom. The molecule has 35 heavy (non-hydrogen) atoms. The number of likely N-dealkylation sites (N-methyl/N-ethyl adjacent to an activating group) is 1. The third-order valence-electron chi connectivity index (χ3n) is 6.74.